The average Bonchev–Trinajstić information content (AvgIpc) is 3.23. The van der Waals surface area contributed by atoms with Gasteiger partial charge in [0.1, 0.15) is 12.1 Å². The zero-order chi connectivity index (χ0) is 44.0. The van der Waals surface area contributed by atoms with Crippen molar-refractivity contribution < 1.29 is 42.7 Å². The Morgan fingerprint density at radius 2 is 0.967 bits per heavy atom. The summed E-state index contributed by atoms with van der Waals surface area (Å²) < 4.78 is 33.4. The van der Waals surface area contributed by atoms with Gasteiger partial charge in [-0.1, -0.05) is 177 Å². The van der Waals surface area contributed by atoms with Gasteiger partial charge in [-0.15, -0.1) is 0 Å². The van der Waals surface area contributed by atoms with E-state index in [1.165, 1.54) is 96.3 Å². The maximum absolute atomic E-state index is 12.6. The van der Waals surface area contributed by atoms with Crippen LogP contribution in [0.15, 0.2) is 60.8 Å². The monoisotopic (exact) mass is 866 g/mol. The molecule has 0 aliphatic heterocycles. The van der Waals surface area contributed by atoms with E-state index in [0.29, 0.717) is 13.0 Å². The molecule has 0 aliphatic rings. The smallest absolute Gasteiger partial charge is 0.472 e. The minimum atomic E-state index is -4.62. The molecular weight excluding hydrogens is 778 g/mol. The van der Waals surface area contributed by atoms with Gasteiger partial charge < -0.3 is 25.2 Å². The Balaban J connectivity index is 4.14. The number of allylic oxidation sites excluding steroid dienone is 10. The van der Waals surface area contributed by atoms with E-state index in [0.717, 1.165) is 77.0 Å². The zero-order valence-corrected chi connectivity index (χ0v) is 38.9. The molecule has 0 radical (unpaired) electrons. The fourth-order valence-corrected chi connectivity index (χ4v) is 7.13. The van der Waals surface area contributed by atoms with Crippen molar-refractivity contribution in [1.29, 1.82) is 0 Å². The minimum absolute atomic E-state index is 0.01000. The van der Waals surface area contributed by atoms with Gasteiger partial charge in [0.15, 0.2) is 0 Å². The lowest BCUT2D eigenvalue weighted by atomic mass is 10.1. The van der Waals surface area contributed by atoms with Crippen molar-refractivity contribution in [3.8, 4) is 0 Å². The lowest BCUT2D eigenvalue weighted by molar-refractivity contribution is -0.154. The molecule has 0 rings (SSSR count). The lowest BCUT2D eigenvalue weighted by Crippen LogP contribution is -2.34. The molecule has 11 heteroatoms. The van der Waals surface area contributed by atoms with E-state index < -0.39 is 45.1 Å². The fourth-order valence-electron chi connectivity index (χ4n) is 6.35. The van der Waals surface area contributed by atoms with Crippen LogP contribution in [0.2, 0.25) is 0 Å². The van der Waals surface area contributed by atoms with Crippen LogP contribution in [0.5, 0.6) is 0 Å². The van der Waals surface area contributed by atoms with E-state index in [1.807, 2.05) is 0 Å². The Labute approximate surface area is 366 Å². The number of hydrogen-bond acceptors (Lipinski definition) is 8. The van der Waals surface area contributed by atoms with E-state index in [4.69, 9.17) is 29.4 Å². The Morgan fingerprint density at radius 1 is 0.550 bits per heavy atom. The summed E-state index contributed by atoms with van der Waals surface area (Å²) in [5.74, 6) is -1.79. The summed E-state index contributed by atoms with van der Waals surface area (Å²) in [5, 5.41) is 8.91. The molecule has 3 unspecified atom stereocenters. The number of phosphoric ester groups is 1. The first-order chi connectivity index (χ1) is 29.2. The highest BCUT2D eigenvalue weighted by Gasteiger charge is 2.27. The molecule has 0 aliphatic carbocycles. The highest BCUT2D eigenvalue weighted by atomic mass is 31.2. The quantitative estimate of drug-likeness (QED) is 0.0233. The maximum Gasteiger partial charge on any atom is 0.472 e. The molecule has 0 aromatic rings. The first-order valence-corrected chi connectivity index (χ1v) is 25.3. The van der Waals surface area contributed by atoms with E-state index >= 15 is 0 Å². The topological polar surface area (TPSA) is 155 Å². The molecule has 0 aromatic heterocycles. The molecule has 348 valence electrons. The van der Waals surface area contributed by atoms with Crippen molar-refractivity contribution in [1.82, 2.24) is 0 Å². The van der Waals surface area contributed by atoms with E-state index in [9.17, 15) is 19.0 Å². The highest BCUT2D eigenvalue weighted by Crippen LogP contribution is 2.43. The van der Waals surface area contributed by atoms with Crippen LogP contribution < -0.4 is 5.73 Å². The number of carboxylic acids is 1. The minimum Gasteiger partial charge on any atom is -0.480 e. The maximum atomic E-state index is 12.6. The average molecular weight is 866 g/mol. The third-order valence-corrected chi connectivity index (χ3v) is 11.0. The molecule has 0 aromatic carbocycles. The summed E-state index contributed by atoms with van der Waals surface area (Å²) in [6, 6.07) is -1.48. The van der Waals surface area contributed by atoms with Crippen molar-refractivity contribution in [2.45, 2.75) is 212 Å². The van der Waals surface area contributed by atoms with Crippen LogP contribution in [0.4, 0.5) is 0 Å². The Bertz CT molecular complexity index is 1190. The summed E-state index contributed by atoms with van der Waals surface area (Å²) in [4.78, 5) is 33.6. The molecule has 0 saturated heterocycles. The number of aliphatic carboxylic acids is 1. The lowest BCUT2D eigenvalue weighted by Gasteiger charge is -2.20. The number of unbranched alkanes of at least 4 members (excludes halogenated alkanes) is 21. The SMILES string of the molecule is CC/C=C\C/C=C\C/C=C\C/C=C\CCCCCCCCCCCCCOCC(COP(=O)(O)OCC(N)C(=O)O)OC(=O)CCCCCCC/C=C\CCCCCCC. The largest absolute Gasteiger partial charge is 0.480 e. The number of ether oxygens (including phenoxy) is 2. The molecular formula is C49H88NO9P. The summed E-state index contributed by atoms with van der Waals surface area (Å²) in [6.07, 6.45) is 54.2. The Kier molecular flexibility index (Phi) is 43.0. The third-order valence-electron chi connectivity index (χ3n) is 10.0. The van der Waals surface area contributed by atoms with Crippen molar-refractivity contribution in [2.24, 2.45) is 5.73 Å². The van der Waals surface area contributed by atoms with Gasteiger partial charge >= 0.3 is 19.8 Å². The predicted molar refractivity (Wildman–Crippen MR) is 249 cm³/mol. The molecule has 0 saturated carbocycles. The van der Waals surface area contributed by atoms with E-state index in [-0.39, 0.29) is 13.0 Å². The number of phosphoric acid groups is 1. The van der Waals surface area contributed by atoms with Crippen molar-refractivity contribution in [3.05, 3.63) is 60.8 Å². The second-order valence-electron chi connectivity index (χ2n) is 15.9. The zero-order valence-electron chi connectivity index (χ0n) is 38.0. The molecule has 10 nitrogen and oxygen atoms in total. The van der Waals surface area contributed by atoms with Gasteiger partial charge in [0, 0.05) is 13.0 Å². The number of nitrogens with two attached hydrogens (primary N) is 1. The van der Waals surface area contributed by atoms with Crippen LogP contribution in [-0.4, -0.2) is 60.5 Å². The first-order valence-electron chi connectivity index (χ1n) is 23.8. The van der Waals surface area contributed by atoms with Gasteiger partial charge in [0.2, 0.25) is 0 Å². The fraction of sp³-hybridized carbons (Fsp3) is 0.755. The van der Waals surface area contributed by atoms with E-state index in [2.05, 4.69) is 74.6 Å². The molecule has 0 bridgehead atoms. The number of carbonyl (C=O) groups is 2. The van der Waals surface area contributed by atoms with Crippen molar-refractivity contribution >= 4 is 19.8 Å². The predicted octanol–water partition coefficient (Wildman–Crippen LogP) is 13.6. The summed E-state index contributed by atoms with van der Waals surface area (Å²) in [6.45, 7) is 3.75. The van der Waals surface area contributed by atoms with Crippen LogP contribution in [0, 0.1) is 0 Å². The summed E-state index contributed by atoms with van der Waals surface area (Å²) in [7, 11) is -4.62. The normalized spacial score (nSPS) is 14.3. The van der Waals surface area contributed by atoms with Crippen LogP contribution in [0.25, 0.3) is 0 Å². The van der Waals surface area contributed by atoms with Crippen LogP contribution in [-0.2, 0) is 32.7 Å². The summed E-state index contributed by atoms with van der Waals surface area (Å²) >= 11 is 0. The van der Waals surface area contributed by atoms with Gasteiger partial charge in [0.05, 0.1) is 19.8 Å². The number of carbonyl (C=O) groups excluding carboxylic acids is 1. The van der Waals surface area contributed by atoms with Gasteiger partial charge in [0.25, 0.3) is 0 Å². The molecule has 0 fully saturated rings. The van der Waals surface area contributed by atoms with Gasteiger partial charge in [-0.3, -0.25) is 18.6 Å². The molecule has 3 atom stereocenters. The molecule has 4 N–H and O–H groups in total. The Hall–Kier alpha value is -2.33. The Morgan fingerprint density at radius 3 is 1.47 bits per heavy atom. The van der Waals surface area contributed by atoms with Crippen molar-refractivity contribution in [2.75, 3.05) is 26.4 Å². The van der Waals surface area contributed by atoms with Gasteiger partial charge in [-0.25, -0.2) is 4.57 Å². The number of rotatable bonds is 45. The van der Waals surface area contributed by atoms with Gasteiger partial charge in [-0.2, -0.15) is 0 Å². The van der Waals surface area contributed by atoms with E-state index in [1.54, 1.807) is 0 Å². The second kappa shape index (κ2) is 44.7. The van der Waals surface area contributed by atoms with Crippen molar-refractivity contribution in [3.63, 3.8) is 0 Å². The van der Waals surface area contributed by atoms with Crippen LogP contribution >= 0.6 is 7.82 Å². The number of carboxylic acid groups (broad SMARTS) is 1. The molecule has 0 heterocycles. The second-order valence-corrected chi connectivity index (χ2v) is 17.3. The number of hydrogen-bond donors (Lipinski definition) is 3. The van der Waals surface area contributed by atoms with Crippen LogP contribution in [0.3, 0.4) is 0 Å². The first kappa shape index (κ1) is 57.7. The van der Waals surface area contributed by atoms with Crippen LogP contribution in [0.1, 0.15) is 200 Å². The third kappa shape index (κ3) is 43.7. The van der Waals surface area contributed by atoms with Gasteiger partial charge in [-0.05, 0) is 77.0 Å². The standard InChI is InChI=1S/C49H88NO9P/c1-3-5-7-9-11-13-15-17-19-20-21-22-23-24-25-26-27-28-30-32-34-36-38-40-42-56-43-46(44-57-60(54,55)58-45-47(50)49(52)53)59-48(51)41-39-37-35-33-31-29-18-16-14-12-10-8-6-4-2/h5,7,11,13,16-19,21-22,46-47H,3-4,6,8-10,12,14-15,20,23-45,50H2,1-2H3,(H,52,53)(H,54,55)/b7-5-,13-11-,18-16-,19-17-,22-21-. The summed E-state index contributed by atoms with van der Waals surface area (Å²) in [5.41, 5.74) is 5.36. The molecule has 0 amide bonds. The molecule has 60 heavy (non-hydrogen) atoms. The number of esters is 1. The highest BCUT2D eigenvalue weighted by molar-refractivity contribution is 7.47. The molecule has 0 spiro atoms.